The lowest BCUT2D eigenvalue weighted by Gasteiger charge is -2.32. The molecule has 3 aromatic rings. The topological polar surface area (TPSA) is 66.8 Å². The second kappa shape index (κ2) is 6.11. The van der Waals surface area contributed by atoms with Crippen molar-refractivity contribution < 1.29 is 4.79 Å². The Morgan fingerprint density at radius 2 is 2.21 bits per heavy atom. The van der Waals surface area contributed by atoms with Crippen LogP contribution in [0.2, 0.25) is 0 Å². The summed E-state index contributed by atoms with van der Waals surface area (Å²) in [4.78, 5) is 26.8. The first-order valence-corrected chi connectivity index (χ1v) is 8.40. The molecule has 24 heavy (non-hydrogen) atoms. The summed E-state index contributed by atoms with van der Waals surface area (Å²) in [5.41, 5.74) is 2.99. The van der Waals surface area contributed by atoms with E-state index in [1.165, 1.54) is 0 Å². The quantitative estimate of drug-likeness (QED) is 0.805. The number of rotatable bonds is 3. The van der Waals surface area contributed by atoms with E-state index in [9.17, 15) is 4.79 Å². The van der Waals surface area contributed by atoms with Crippen molar-refractivity contribution in [1.82, 2.24) is 24.4 Å². The molecule has 1 amide bonds. The van der Waals surface area contributed by atoms with Gasteiger partial charge in [-0.2, -0.15) is 0 Å². The number of aromatic nitrogens is 4. The number of aromatic amines is 1. The molecule has 6 nitrogen and oxygen atoms in total. The third-order valence-corrected chi connectivity index (χ3v) is 4.72. The Kier molecular flexibility index (Phi) is 3.80. The van der Waals surface area contributed by atoms with E-state index < -0.39 is 0 Å². The van der Waals surface area contributed by atoms with Crippen LogP contribution in [0, 0.1) is 6.92 Å². The maximum atomic E-state index is 12.7. The van der Waals surface area contributed by atoms with Crippen LogP contribution in [-0.4, -0.2) is 43.4 Å². The Morgan fingerprint density at radius 1 is 1.33 bits per heavy atom. The van der Waals surface area contributed by atoms with E-state index in [4.69, 9.17) is 0 Å². The van der Waals surface area contributed by atoms with Gasteiger partial charge in [-0.1, -0.05) is 12.1 Å². The van der Waals surface area contributed by atoms with Gasteiger partial charge < -0.3 is 14.5 Å². The van der Waals surface area contributed by atoms with Crippen molar-refractivity contribution >= 4 is 16.9 Å². The smallest absolute Gasteiger partial charge is 0.242 e. The highest BCUT2D eigenvalue weighted by atomic mass is 16.2. The number of hydrogen-bond donors (Lipinski definition) is 1. The fourth-order valence-electron chi connectivity index (χ4n) is 3.45. The number of para-hydroxylation sites is 2. The average molecular weight is 323 g/mol. The molecule has 2 aromatic heterocycles. The fraction of sp³-hybridized carbons (Fsp3) is 0.389. The zero-order valence-corrected chi connectivity index (χ0v) is 13.8. The van der Waals surface area contributed by atoms with Gasteiger partial charge in [0.05, 0.1) is 17.4 Å². The first kappa shape index (κ1) is 14.9. The first-order chi connectivity index (χ1) is 11.7. The third-order valence-electron chi connectivity index (χ3n) is 4.72. The zero-order valence-electron chi connectivity index (χ0n) is 13.8. The van der Waals surface area contributed by atoms with Crippen molar-refractivity contribution in [1.29, 1.82) is 0 Å². The van der Waals surface area contributed by atoms with Crippen LogP contribution in [0.3, 0.4) is 0 Å². The Morgan fingerprint density at radius 3 is 3.04 bits per heavy atom. The van der Waals surface area contributed by atoms with Crippen LogP contribution in [0.4, 0.5) is 0 Å². The molecular weight excluding hydrogens is 302 g/mol. The number of piperidine rings is 1. The van der Waals surface area contributed by atoms with E-state index in [0.717, 1.165) is 48.5 Å². The number of imidazole rings is 2. The van der Waals surface area contributed by atoms with E-state index in [1.807, 2.05) is 46.9 Å². The normalized spacial score (nSPS) is 18.2. The first-order valence-electron chi connectivity index (χ1n) is 8.40. The number of likely N-dealkylation sites (tertiary alicyclic amines) is 1. The molecule has 3 heterocycles. The maximum Gasteiger partial charge on any atom is 0.242 e. The summed E-state index contributed by atoms with van der Waals surface area (Å²) in [7, 11) is 0. The van der Waals surface area contributed by atoms with Crippen molar-refractivity contribution in [2.45, 2.75) is 32.2 Å². The summed E-state index contributed by atoms with van der Waals surface area (Å²) >= 11 is 0. The number of amides is 1. The van der Waals surface area contributed by atoms with E-state index in [1.54, 1.807) is 6.33 Å². The predicted molar refractivity (Wildman–Crippen MR) is 91.6 cm³/mol. The van der Waals surface area contributed by atoms with Crippen LogP contribution in [0.15, 0.2) is 36.8 Å². The van der Waals surface area contributed by atoms with Crippen molar-refractivity contribution in [3.63, 3.8) is 0 Å². The van der Waals surface area contributed by atoms with E-state index in [-0.39, 0.29) is 5.91 Å². The predicted octanol–water partition coefficient (Wildman–Crippen LogP) is 2.47. The molecule has 124 valence electrons. The number of fused-ring (bicyclic) bond motifs is 1. The minimum Gasteiger partial charge on any atom is -0.346 e. The van der Waals surface area contributed by atoms with Crippen molar-refractivity contribution in [3.8, 4) is 0 Å². The van der Waals surface area contributed by atoms with E-state index in [0.29, 0.717) is 12.5 Å². The number of carbonyl (C=O) groups excluding carboxylic acids is 1. The van der Waals surface area contributed by atoms with Gasteiger partial charge in [0.2, 0.25) is 5.91 Å². The zero-order chi connectivity index (χ0) is 16.5. The molecule has 0 spiro atoms. The van der Waals surface area contributed by atoms with E-state index in [2.05, 4.69) is 15.0 Å². The van der Waals surface area contributed by atoms with E-state index >= 15 is 0 Å². The Labute approximate surface area is 140 Å². The number of aryl methyl sites for hydroxylation is 1. The second-order valence-electron chi connectivity index (χ2n) is 6.49. The summed E-state index contributed by atoms with van der Waals surface area (Å²) in [5, 5.41) is 0. The van der Waals surface area contributed by atoms with Gasteiger partial charge >= 0.3 is 0 Å². The lowest BCUT2D eigenvalue weighted by molar-refractivity contribution is -0.133. The van der Waals surface area contributed by atoms with Crippen LogP contribution >= 0.6 is 0 Å². The molecule has 0 radical (unpaired) electrons. The van der Waals surface area contributed by atoms with Gasteiger partial charge in [0.25, 0.3) is 0 Å². The summed E-state index contributed by atoms with van der Waals surface area (Å²) in [6.45, 7) is 3.90. The Hall–Kier alpha value is -2.63. The average Bonchev–Trinajstić information content (AvgIpc) is 3.22. The number of nitrogens with one attached hydrogen (secondary N) is 1. The van der Waals surface area contributed by atoms with Crippen molar-refractivity contribution in [2.24, 2.45) is 0 Å². The lowest BCUT2D eigenvalue weighted by Crippen LogP contribution is -2.41. The lowest BCUT2D eigenvalue weighted by atomic mass is 9.97. The van der Waals surface area contributed by atoms with Gasteiger partial charge in [-0.05, 0) is 31.9 Å². The molecule has 1 aromatic carbocycles. The third kappa shape index (κ3) is 2.79. The van der Waals surface area contributed by atoms with Gasteiger partial charge in [0.1, 0.15) is 12.4 Å². The maximum absolute atomic E-state index is 12.7. The number of benzene rings is 1. The molecule has 1 aliphatic heterocycles. The van der Waals surface area contributed by atoms with Gasteiger partial charge in [0.15, 0.2) is 0 Å². The molecule has 1 fully saturated rings. The minimum absolute atomic E-state index is 0.145. The summed E-state index contributed by atoms with van der Waals surface area (Å²) < 4.78 is 1.93. The van der Waals surface area contributed by atoms with Crippen molar-refractivity contribution in [3.05, 3.63) is 48.3 Å². The molecular formula is C18H21N5O. The van der Waals surface area contributed by atoms with Crippen molar-refractivity contribution in [2.75, 3.05) is 13.1 Å². The monoisotopic (exact) mass is 323 g/mol. The number of hydrogen-bond acceptors (Lipinski definition) is 3. The highest BCUT2D eigenvalue weighted by Crippen LogP contribution is 2.25. The molecule has 1 saturated heterocycles. The van der Waals surface area contributed by atoms with Crippen LogP contribution in [0.1, 0.15) is 30.3 Å². The highest BCUT2D eigenvalue weighted by molar-refractivity contribution is 5.80. The molecule has 0 saturated carbocycles. The van der Waals surface area contributed by atoms with Crippen LogP contribution in [0.25, 0.3) is 11.0 Å². The fourth-order valence-corrected chi connectivity index (χ4v) is 3.45. The molecule has 4 rings (SSSR count). The highest BCUT2D eigenvalue weighted by Gasteiger charge is 2.26. The molecule has 1 N–H and O–H groups in total. The molecule has 1 aliphatic rings. The number of carbonyl (C=O) groups is 1. The summed E-state index contributed by atoms with van der Waals surface area (Å²) in [6.07, 6.45) is 5.69. The molecule has 1 atom stereocenters. The van der Waals surface area contributed by atoms with Crippen LogP contribution in [-0.2, 0) is 11.3 Å². The Balaban J connectivity index is 1.48. The molecule has 0 aliphatic carbocycles. The summed E-state index contributed by atoms with van der Waals surface area (Å²) in [5.74, 6) is 1.44. The number of H-pyrrole nitrogens is 1. The SMILES string of the molecule is Cc1cnc([C@@H]2CCCN(C(=O)Cn3cnc4ccccc43)C2)[nH]1. The largest absolute Gasteiger partial charge is 0.346 e. The molecule has 6 heteroatoms. The standard InChI is InChI=1S/C18H21N5O/c1-13-9-19-18(21-13)14-5-4-8-22(10-14)17(24)11-23-12-20-15-6-2-3-7-16(15)23/h2-3,6-7,9,12,14H,4-5,8,10-11H2,1H3,(H,19,21)/t14-/m1/s1. The van der Waals surface area contributed by atoms with Gasteiger partial charge in [0, 0.05) is 30.9 Å². The minimum atomic E-state index is 0.145. The van der Waals surface area contributed by atoms with Gasteiger partial charge in [-0.3, -0.25) is 4.79 Å². The van der Waals surface area contributed by atoms with Crippen LogP contribution < -0.4 is 0 Å². The number of nitrogens with zero attached hydrogens (tertiary/aromatic N) is 4. The van der Waals surface area contributed by atoms with Crippen LogP contribution in [0.5, 0.6) is 0 Å². The summed E-state index contributed by atoms with van der Waals surface area (Å²) in [6, 6.07) is 7.90. The second-order valence-corrected chi connectivity index (χ2v) is 6.49. The molecule has 0 unspecified atom stereocenters. The molecule has 0 bridgehead atoms. The van der Waals surface area contributed by atoms with Gasteiger partial charge in [-0.25, -0.2) is 9.97 Å². The van der Waals surface area contributed by atoms with Gasteiger partial charge in [-0.15, -0.1) is 0 Å². The Bertz CT molecular complexity index is 865.